The maximum atomic E-state index is 12.8. The Balaban J connectivity index is 1.49. The van der Waals surface area contributed by atoms with E-state index < -0.39 is 0 Å². The molecule has 0 radical (unpaired) electrons. The van der Waals surface area contributed by atoms with E-state index in [0.717, 1.165) is 12.0 Å². The highest BCUT2D eigenvalue weighted by Crippen LogP contribution is 2.25. The Bertz CT molecular complexity index is 669. The summed E-state index contributed by atoms with van der Waals surface area (Å²) in [7, 11) is 0. The van der Waals surface area contributed by atoms with E-state index >= 15 is 0 Å². The molecule has 3 amide bonds. The van der Waals surface area contributed by atoms with Gasteiger partial charge < -0.3 is 15.1 Å². The average molecular weight is 371 g/mol. The lowest BCUT2D eigenvalue weighted by Gasteiger charge is -2.33. The lowest BCUT2D eigenvalue weighted by Crippen LogP contribution is -2.45. The Morgan fingerprint density at radius 2 is 1.81 bits per heavy atom. The maximum absolute atomic E-state index is 12.8. The zero-order valence-corrected chi connectivity index (χ0v) is 16.0. The summed E-state index contributed by atoms with van der Waals surface area (Å²) in [6, 6.07) is 9.86. The van der Waals surface area contributed by atoms with E-state index in [1.54, 1.807) is 4.90 Å². The van der Waals surface area contributed by atoms with Gasteiger partial charge in [-0.1, -0.05) is 37.3 Å². The molecular weight excluding hydrogens is 342 g/mol. The number of benzene rings is 1. The van der Waals surface area contributed by atoms with E-state index in [1.165, 1.54) is 0 Å². The standard InChI is InChI=1S/C21H29N3O3/c1-2-10-22-20(26)17-8-11-23(12-9-17)21(27)18-13-19(25)24(15-18)14-16-6-4-3-5-7-16/h3-7,17-18H,2,8-15H2,1H3,(H,22,26). The molecule has 0 spiro atoms. The van der Waals surface area contributed by atoms with Crippen LogP contribution in [-0.2, 0) is 20.9 Å². The second kappa shape index (κ2) is 9.02. The zero-order valence-electron chi connectivity index (χ0n) is 16.0. The molecule has 2 saturated heterocycles. The first-order valence-corrected chi connectivity index (χ1v) is 9.96. The van der Waals surface area contributed by atoms with Gasteiger partial charge in [0.1, 0.15) is 0 Å². The van der Waals surface area contributed by atoms with Gasteiger partial charge in [-0.25, -0.2) is 0 Å². The fourth-order valence-electron chi connectivity index (χ4n) is 3.91. The summed E-state index contributed by atoms with van der Waals surface area (Å²) in [4.78, 5) is 40.9. The first-order chi connectivity index (χ1) is 13.1. The van der Waals surface area contributed by atoms with Gasteiger partial charge in [0.2, 0.25) is 17.7 Å². The Morgan fingerprint density at radius 1 is 1.11 bits per heavy atom. The fraction of sp³-hybridized carbons (Fsp3) is 0.571. The van der Waals surface area contributed by atoms with Crippen LogP contribution in [0.4, 0.5) is 0 Å². The molecule has 1 N–H and O–H groups in total. The van der Waals surface area contributed by atoms with Crippen LogP contribution in [0.3, 0.4) is 0 Å². The maximum Gasteiger partial charge on any atom is 0.227 e. The number of likely N-dealkylation sites (tertiary alicyclic amines) is 2. The van der Waals surface area contributed by atoms with Gasteiger partial charge >= 0.3 is 0 Å². The van der Waals surface area contributed by atoms with Gasteiger partial charge in [0.25, 0.3) is 0 Å². The van der Waals surface area contributed by atoms with Crippen LogP contribution in [0.2, 0.25) is 0 Å². The number of carbonyl (C=O) groups excluding carboxylic acids is 3. The van der Waals surface area contributed by atoms with Crippen molar-refractivity contribution in [2.45, 2.75) is 39.2 Å². The molecule has 0 bridgehead atoms. The van der Waals surface area contributed by atoms with Crippen LogP contribution in [0.5, 0.6) is 0 Å². The Morgan fingerprint density at radius 3 is 2.48 bits per heavy atom. The van der Waals surface area contributed by atoms with Crippen LogP contribution in [0.15, 0.2) is 30.3 Å². The summed E-state index contributed by atoms with van der Waals surface area (Å²) in [6.45, 7) is 5.00. The van der Waals surface area contributed by atoms with Gasteiger partial charge in [0.05, 0.1) is 5.92 Å². The highest BCUT2D eigenvalue weighted by Gasteiger charge is 2.37. The summed E-state index contributed by atoms with van der Waals surface area (Å²) in [6.07, 6.45) is 2.63. The fourth-order valence-corrected chi connectivity index (χ4v) is 3.91. The molecule has 6 heteroatoms. The zero-order chi connectivity index (χ0) is 19.2. The van der Waals surface area contributed by atoms with E-state index in [-0.39, 0.29) is 29.6 Å². The van der Waals surface area contributed by atoms with Gasteiger partial charge in [0.15, 0.2) is 0 Å². The quantitative estimate of drug-likeness (QED) is 0.829. The number of nitrogens with one attached hydrogen (secondary N) is 1. The molecule has 2 fully saturated rings. The molecule has 0 saturated carbocycles. The summed E-state index contributed by atoms with van der Waals surface area (Å²) in [5.41, 5.74) is 1.08. The van der Waals surface area contributed by atoms with E-state index in [9.17, 15) is 14.4 Å². The minimum Gasteiger partial charge on any atom is -0.356 e. The number of hydrogen-bond acceptors (Lipinski definition) is 3. The highest BCUT2D eigenvalue weighted by molar-refractivity contribution is 5.89. The molecule has 1 atom stereocenters. The first kappa shape index (κ1) is 19.4. The van der Waals surface area contributed by atoms with E-state index in [2.05, 4.69) is 5.32 Å². The molecule has 0 aromatic heterocycles. The van der Waals surface area contributed by atoms with Crippen LogP contribution in [0, 0.1) is 11.8 Å². The molecule has 146 valence electrons. The Hall–Kier alpha value is -2.37. The predicted octanol–water partition coefficient (Wildman–Crippen LogP) is 1.80. The third kappa shape index (κ3) is 4.87. The van der Waals surface area contributed by atoms with E-state index in [0.29, 0.717) is 52.0 Å². The normalized spacial score (nSPS) is 20.8. The van der Waals surface area contributed by atoms with E-state index in [4.69, 9.17) is 0 Å². The van der Waals surface area contributed by atoms with Crippen molar-refractivity contribution in [2.24, 2.45) is 11.8 Å². The number of rotatable bonds is 6. The second-order valence-corrected chi connectivity index (χ2v) is 7.55. The van der Waals surface area contributed by atoms with E-state index in [1.807, 2.05) is 42.2 Å². The van der Waals surface area contributed by atoms with Crippen molar-refractivity contribution in [1.29, 1.82) is 0 Å². The van der Waals surface area contributed by atoms with Crippen molar-refractivity contribution >= 4 is 17.7 Å². The smallest absolute Gasteiger partial charge is 0.227 e. The van der Waals surface area contributed by atoms with Gasteiger partial charge in [-0.2, -0.15) is 0 Å². The molecule has 27 heavy (non-hydrogen) atoms. The molecule has 6 nitrogen and oxygen atoms in total. The second-order valence-electron chi connectivity index (χ2n) is 7.55. The minimum absolute atomic E-state index is 0.000360. The lowest BCUT2D eigenvalue weighted by atomic mass is 9.94. The molecule has 2 aliphatic heterocycles. The van der Waals surface area contributed by atoms with Crippen LogP contribution < -0.4 is 5.32 Å². The van der Waals surface area contributed by atoms with Crippen LogP contribution in [-0.4, -0.2) is 53.7 Å². The van der Waals surface area contributed by atoms with Crippen molar-refractivity contribution in [3.63, 3.8) is 0 Å². The summed E-state index contributed by atoms with van der Waals surface area (Å²) >= 11 is 0. The summed E-state index contributed by atoms with van der Waals surface area (Å²) < 4.78 is 0. The molecular formula is C21H29N3O3. The van der Waals surface area contributed by atoms with Crippen molar-refractivity contribution < 1.29 is 14.4 Å². The average Bonchev–Trinajstić information content (AvgIpc) is 3.06. The third-order valence-electron chi connectivity index (χ3n) is 5.51. The van der Waals surface area contributed by atoms with Gasteiger partial charge in [-0.3, -0.25) is 14.4 Å². The first-order valence-electron chi connectivity index (χ1n) is 9.96. The number of carbonyl (C=O) groups is 3. The van der Waals surface area contributed by atoms with Gasteiger partial charge in [-0.05, 0) is 24.8 Å². The highest BCUT2D eigenvalue weighted by atomic mass is 16.2. The number of nitrogens with zero attached hydrogens (tertiary/aromatic N) is 2. The molecule has 3 rings (SSSR count). The van der Waals surface area contributed by atoms with Crippen molar-refractivity contribution in [1.82, 2.24) is 15.1 Å². The number of hydrogen-bond donors (Lipinski definition) is 1. The van der Waals surface area contributed by atoms with Crippen LogP contribution in [0.1, 0.15) is 38.2 Å². The molecule has 1 aromatic rings. The van der Waals surface area contributed by atoms with Crippen molar-refractivity contribution in [2.75, 3.05) is 26.2 Å². The molecule has 1 unspecified atom stereocenters. The van der Waals surface area contributed by atoms with Crippen LogP contribution in [0.25, 0.3) is 0 Å². The summed E-state index contributed by atoms with van der Waals surface area (Å²) in [5.74, 6) is -0.0431. The number of piperidine rings is 1. The predicted molar refractivity (Wildman–Crippen MR) is 103 cm³/mol. The van der Waals surface area contributed by atoms with Crippen LogP contribution >= 0.6 is 0 Å². The monoisotopic (exact) mass is 371 g/mol. The SMILES string of the molecule is CCCNC(=O)C1CCN(C(=O)C2CC(=O)N(Cc3ccccc3)C2)CC1. The lowest BCUT2D eigenvalue weighted by molar-refractivity contribution is -0.139. The van der Waals surface area contributed by atoms with Crippen molar-refractivity contribution in [3.8, 4) is 0 Å². The van der Waals surface area contributed by atoms with Gasteiger partial charge in [-0.15, -0.1) is 0 Å². The molecule has 2 heterocycles. The Kier molecular flexibility index (Phi) is 6.48. The summed E-state index contributed by atoms with van der Waals surface area (Å²) in [5, 5.41) is 2.94. The minimum atomic E-state index is -0.258. The largest absolute Gasteiger partial charge is 0.356 e. The molecule has 0 aliphatic carbocycles. The number of amides is 3. The third-order valence-corrected chi connectivity index (χ3v) is 5.51. The molecule has 1 aromatic carbocycles. The van der Waals surface area contributed by atoms with Gasteiger partial charge in [0, 0.05) is 45.1 Å². The molecule has 2 aliphatic rings. The topological polar surface area (TPSA) is 69.7 Å². The Labute approximate surface area is 160 Å². The van der Waals surface area contributed by atoms with Crippen molar-refractivity contribution in [3.05, 3.63) is 35.9 Å².